The zero-order valence-corrected chi connectivity index (χ0v) is 13.1. The standard InChI is InChI=1S/C16H24N4O/c1-4-15-18-16(5-2)20(19-15)10-11-21-14-8-6-13(7-9-14)12-17-3/h6-9,17H,4-5,10-12H2,1-3H3. The van der Waals surface area contributed by atoms with Crippen molar-refractivity contribution >= 4 is 0 Å². The Balaban J connectivity index is 1.87. The lowest BCUT2D eigenvalue weighted by molar-refractivity contribution is 0.288. The molecule has 0 aliphatic rings. The molecule has 0 fully saturated rings. The second kappa shape index (κ2) is 7.78. The molecule has 1 heterocycles. The number of ether oxygens (including phenoxy) is 1. The Kier molecular flexibility index (Phi) is 5.75. The lowest BCUT2D eigenvalue weighted by atomic mass is 10.2. The van der Waals surface area contributed by atoms with Gasteiger partial charge in [-0.2, -0.15) is 5.10 Å². The lowest BCUT2D eigenvalue weighted by Crippen LogP contribution is -2.12. The third-order valence-corrected chi connectivity index (χ3v) is 3.30. The summed E-state index contributed by atoms with van der Waals surface area (Å²) in [5.41, 5.74) is 1.25. The van der Waals surface area contributed by atoms with Crippen LogP contribution in [0.1, 0.15) is 31.1 Å². The molecule has 21 heavy (non-hydrogen) atoms. The highest BCUT2D eigenvalue weighted by atomic mass is 16.5. The lowest BCUT2D eigenvalue weighted by Gasteiger charge is -2.08. The Morgan fingerprint density at radius 3 is 2.52 bits per heavy atom. The normalized spacial score (nSPS) is 10.8. The minimum Gasteiger partial charge on any atom is -0.492 e. The molecule has 5 heteroatoms. The third-order valence-electron chi connectivity index (χ3n) is 3.30. The highest BCUT2D eigenvalue weighted by molar-refractivity contribution is 5.27. The van der Waals surface area contributed by atoms with Gasteiger partial charge < -0.3 is 10.1 Å². The molecule has 1 N–H and O–H groups in total. The first-order chi connectivity index (χ1) is 10.3. The molecule has 0 unspecified atom stereocenters. The predicted molar refractivity (Wildman–Crippen MR) is 83.5 cm³/mol. The van der Waals surface area contributed by atoms with E-state index in [0.717, 1.165) is 43.3 Å². The van der Waals surface area contributed by atoms with Gasteiger partial charge in [0.2, 0.25) is 0 Å². The summed E-state index contributed by atoms with van der Waals surface area (Å²) in [5.74, 6) is 2.83. The smallest absolute Gasteiger partial charge is 0.150 e. The van der Waals surface area contributed by atoms with Crippen molar-refractivity contribution in [3.63, 3.8) is 0 Å². The Hall–Kier alpha value is -1.88. The van der Waals surface area contributed by atoms with E-state index in [-0.39, 0.29) is 0 Å². The van der Waals surface area contributed by atoms with E-state index in [2.05, 4.69) is 41.4 Å². The van der Waals surface area contributed by atoms with Crippen LogP contribution in [0.15, 0.2) is 24.3 Å². The van der Waals surface area contributed by atoms with E-state index in [4.69, 9.17) is 4.74 Å². The van der Waals surface area contributed by atoms with Crippen LogP contribution in [0.25, 0.3) is 0 Å². The van der Waals surface area contributed by atoms with Crippen molar-refractivity contribution in [1.29, 1.82) is 0 Å². The number of nitrogens with zero attached hydrogens (tertiary/aromatic N) is 3. The topological polar surface area (TPSA) is 52.0 Å². The Morgan fingerprint density at radius 2 is 1.90 bits per heavy atom. The molecule has 1 aromatic heterocycles. The van der Waals surface area contributed by atoms with Gasteiger partial charge in [-0.3, -0.25) is 0 Å². The first-order valence-corrected chi connectivity index (χ1v) is 7.55. The first-order valence-electron chi connectivity index (χ1n) is 7.55. The molecule has 0 spiro atoms. The summed E-state index contributed by atoms with van der Waals surface area (Å²) < 4.78 is 7.73. The molecule has 0 saturated carbocycles. The van der Waals surface area contributed by atoms with Crippen LogP contribution in [0, 0.1) is 0 Å². The third kappa shape index (κ3) is 4.29. The van der Waals surface area contributed by atoms with Gasteiger partial charge in [-0.15, -0.1) is 0 Å². The summed E-state index contributed by atoms with van der Waals surface area (Å²) in [7, 11) is 1.94. The van der Waals surface area contributed by atoms with Crippen LogP contribution in [0.2, 0.25) is 0 Å². The van der Waals surface area contributed by atoms with Gasteiger partial charge in [0.15, 0.2) is 5.82 Å². The zero-order valence-electron chi connectivity index (χ0n) is 13.1. The van der Waals surface area contributed by atoms with Crippen molar-refractivity contribution in [1.82, 2.24) is 20.1 Å². The number of hydrogen-bond acceptors (Lipinski definition) is 4. The fourth-order valence-electron chi connectivity index (χ4n) is 2.17. The predicted octanol–water partition coefficient (Wildman–Crippen LogP) is 2.20. The van der Waals surface area contributed by atoms with Gasteiger partial charge in [-0.1, -0.05) is 26.0 Å². The number of benzene rings is 1. The van der Waals surface area contributed by atoms with Crippen molar-refractivity contribution < 1.29 is 4.74 Å². The molecule has 0 atom stereocenters. The molecule has 2 aromatic rings. The SMILES string of the molecule is CCc1nc(CC)n(CCOc2ccc(CNC)cc2)n1. The van der Waals surface area contributed by atoms with E-state index in [1.54, 1.807) is 0 Å². The molecule has 2 rings (SSSR count). The molecule has 5 nitrogen and oxygen atoms in total. The van der Waals surface area contributed by atoms with Crippen LogP contribution >= 0.6 is 0 Å². The van der Waals surface area contributed by atoms with Gasteiger partial charge in [0.1, 0.15) is 18.2 Å². The number of nitrogens with one attached hydrogen (secondary N) is 1. The molecule has 0 amide bonds. The zero-order chi connectivity index (χ0) is 15.1. The highest BCUT2D eigenvalue weighted by Crippen LogP contribution is 2.12. The molecule has 0 aliphatic heterocycles. The van der Waals surface area contributed by atoms with Gasteiger partial charge in [-0.25, -0.2) is 9.67 Å². The second-order valence-corrected chi connectivity index (χ2v) is 4.90. The largest absolute Gasteiger partial charge is 0.492 e. The van der Waals surface area contributed by atoms with Crippen molar-refractivity contribution in [2.45, 2.75) is 39.8 Å². The summed E-state index contributed by atoms with van der Waals surface area (Å²) >= 11 is 0. The molecule has 0 bridgehead atoms. The first kappa shape index (κ1) is 15.5. The molecule has 1 aromatic carbocycles. The second-order valence-electron chi connectivity index (χ2n) is 4.90. The minimum absolute atomic E-state index is 0.602. The van der Waals surface area contributed by atoms with Crippen molar-refractivity contribution in [3.8, 4) is 5.75 Å². The highest BCUT2D eigenvalue weighted by Gasteiger charge is 2.06. The fraction of sp³-hybridized carbons (Fsp3) is 0.500. The van der Waals surface area contributed by atoms with Gasteiger partial charge >= 0.3 is 0 Å². The average Bonchev–Trinajstić information content (AvgIpc) is 2.92. The van der Waals surface area contributed by atoms with Crippen LogP contribution in [0.3, 0.4) is 0 Å². The van der Waals surface area contributed by atoms with Crippen LogP contribution in [-0.2, 0) is 25.9 Å². The van der Waals surface area contributed by atoms with Crippen molar-refractivity contribution in [2.75, 3.05) is 13.7 Å². The quantitative estimate of drug-likeness (QED) is 0.809. The number of aryl methyl sites for hydroxylation is 2. The van der Waals surface area contributed by atoms with Crippen LogP contribution in [0.5, 0.6) is 5.75 Å². The molecule has 0 aliphatic carbocycles. The Morgan fingerprint density at radius 1 is 1.14 bits per heavy atom. The molecule has 114 valence electrons. The van der Waals surface area contributed by atoms with Crippen molar-refractivity contribution in [2.24, 2.45) is 0 Å². The van der Waals surface area contributed by atoms with E-state index in [9.17, 15) is 0 Å². The summed E-state index contributed by atoms with van der Waals surface area (Å²) in [6, 6.07) is 8.17. The molecular weight excluding hydrogens is 264 g/mol. The Labute approximate surface area is 126 Å². The van der Waals surface area contributed by atoms with Gasteiger partial charge in [0, 0.05) is 19.4 Å². The van der Waals surface area contributed by atoms with Gasteiger partial charge in [-0.05, 0) is 24.7 Å². The summed E-state index contributed by atoms with van der Waals surface area (Å²) in [6.45, 7) is 6.38. The maximum absolute atomic E-state index is 5.78. The summed E-state index contributed by atoms with van der Waals surface area (Å²) in [6.07, 6.45) is 1.76. The molecular formula is C16H24N4O. The van der Waals surface area contributed by atoms with Gasteiger partial charge in [0.05, 0.1) is 6.54 Å². The van der Waals surface area contributed by atoms with E-state index >= 15 is 0 Å². The van der Waals surface area contributed by atoms with Crippen LogP contribution in [-0.4, -0.2) is 28.4 Å². The fourth-order valence-corrected chi connectivity index (χ4v) is 2.17. The monoisotopic (exact) mass is 288 g/mol. The number of aromatic nitrogens is 3. The summed E-state index contributed by atoms with van der Waals surface area (Å²) in [5, 5.41) is 7.62. The minimum atomic E-state index is 0.602. The average molecular weight is 288 g/mol. The molecule has 0 saturated heterocycles. The van der Waals surface area contributed by atoms with Crippen molar-refractivity contribution in [3.05, 3.63) is 41.5 Å². The van der Waals surface area contributed by atoms with Crippen LogP contribution < -0.4 is 10.1 Å². The van der Waals surface area contributed by atoms with E-state index < -0.39 is 0 Å². The van der Waals surface area contributed by atoms with Crippen LogP contribution in [0.4, 0.5) is 0 Å². The Bertz CT molecular complexity index is 548. The number of rotatable bonds is 8. The van der Waals surface area contributed by atoms with E-state index in [1.165, 1.54) is 5.56 Å². The maximum atomic E-state index is 5.78. The maximum Gasteiger partial charge on any atom is 0.150 e. The van der Waals surface area contributed by atoms with E-state index in [1.807, 2.05) is 23.9 Å². The number of hydrogen-bond donors (Lipinski definition) is 1. The summed E-state index contributed by atoms with van der Waals surface area (Å²) in [4.78, 5) is 4.49. The molecule has 0 radical (unpaired) electrons. The van der Waals surface area contributed by atoms with E-state index in [0.29, 0.717) is 6.61 Å². The van der Waals surface area contributed by atoms with Gasteiger partial charge in [0.25, 0.3) is 0 Å².